The van der Waals surface area contributed by atoms with Crippen LogP contribution in [0, 0.1) is 0 Å². The average Bonchev–Trinajstić information content (AvgIpc) is 2.79. The summed E-state index contributed by atoms with van der Waals surface area (Å²) >= 11 is 0. The van der Waals surface area contributed by atoms with Crippen molar-refractivity contribution in [3.05, 3.63) is 48.1 Å². The van der Waals surface area contributed by atoms with Crippen LogP contribution in [0.3, 0.4) is 0 Å². The van der Waals surface area contributed by atoms with Gasteiger partial charge in [0.15, 0.2) is 0 Å². The van der Waals surface area contributed by atoms with E-state index in [1.165, 1.54) is 0 Å². The molecule has 0 spiro atoms. The molecule has 0 aliphatic carbocycles. The normalized spacial score (nSPS) is 13.4. The Hall–Kier alpha value is -2.15. The molecule has 0 saturated heterocycles. The van der Waals surface area contributed by atoms with Crippen LogP contribution in [0.5, 0.6) is 0 Å². The first kappa shape index (κ1) is 67.9. The topological polar surface area (TPSA) is 234 Å². The van der Waals surface area contributed by atoms with Crippen molar-refractivity contribution in [3.8, 4) is 0 Å². The SMILES string of the molecule is C[Si](C)(C)OC(=O)/C=C(\[O-])O[Si](C)(C)C.C[Si](C)(C)OC(=O)/C=C(\[O-])O[Si](C)(C)C.C[Si](C)(C)OC(=O)/C=C(\[O-])O[Si](C)(C)C.C[Si](C)(C)OC(=O)/C=C(\[O-])O[Si](C)(C)C.[Hf+4]. The second-order valence-corrected chi connectivity index (χ2v) is 56.3. The van der Waals surface area contributed by atoms with Crippen molar-refractivity contribution < 1.29 is 101 Å². The molecule has 0 radical (unpaired) electrons. The van der Waals surface area contributed by atoms with Gasteiger partial charge in [-0.15, -0.1) is 0 Å². The van der Waals surface area contributed by atoms with Crippen molar-refractivity contribution in [2.45, 2.75) is 157 Å². The van der Waals surface area contributed by atoms with E-state index in [1.807, 2.05) is 157 Å². The minimum atomic E-state index is -1.92. The van der Waals surface area contributed by atoms with Crippen LogP contribution in [0.2, 0.25) is 157 Å². The summed E-state index contributed by atoms with van der Waals surface area (Å²) < 4.78 is 40.7. The Kier molecular flexibility index (Phi) is 31.1. The molecule has 0 bridgehead atoms. The van der Waals surface area contributed by atoms with E-state index >= 15 is 0 Å². The van der Waals surface area contributed by atoms with E-state index in [0.29, 0.717) is 0 Å². The predicted molar refractivity (Wildman–Crippen MR) is 248 cm³/mol. The molecule has 0 fully saturated rings. The number of hydrogen-bond acceptors (Lipinski definition) is 16. The summed E-state index contributed by atoms with van der Waals surface area (Å²) in [6.45, 7) is 45.1. The maximum Gasteiger partial charge on any atom is 4.00 e. The van der Waals surface area contributed by atoms with Gasteiger partial charge in [0.2, 0.25) is 33.3 Å². The van der Waals surface area contributed by atoms with Crippen LogP contribution in [0.25, 0.3) is 0 Å². The second kappa shape index (κ2) is 27.9. The minimum absolute atomic E-state index is 0. The summed E-state index contributed by atoms with van der Waals surface area (Å²) in [6.07, 6.45) is 3.54. The molecule has 25 heteroatoms. The first-order valence-corrected chi connectivity index (χ1v) is 46.5. The number of carbonyl (C=O) groups excluding carboxylic acids is 4. The zero-order chi connectivity index (χ0) is 49.1. The van der Waals surface area contributed by atoms with Crippen molar-refractivity contribution in [3.63, 3.8) is 0 Å². The molecule has 0 atom stereocenters. The molecule has 16 nitrogen and oxygen atoms in total. The standard InChI is InChI=1S/4C9H20O4Si2.Hf/c4*1-14(2,3)12-8(10)7-9(11)13-15(4,5)6;/h4*7,10H,1-6H3;/q;;;;+4/p-4/b4*8-7+;. The Labute approximate surface area is 393 Å². The van der Waals surface area contributed by atoms with Crippen molar-refractivity contribution in [2.24, 2.45) is 0 Å². The molecule has 0 aromatic heterocycles. The third-order valence-corrected chi connectivity index (χ3v) is 10.7. The molecule has 0 unspecified atom stereocenters. The quantitative estimate of drug-likeness (QED) is 0.103. The van der Waals surface area contributed by atoms with Crippen molar-refractivity contribution >= 4 is 90.4 Å². The van der Waals surface area contributed by atoms with Crippen molar-refractivity contribution in [1.82, 2.24) is 0 Å². The van der Waals surface area contributed by atoms with Gasteiger partial charge in [0.1, 0.15) is 33.3 Å². The summed E-state index contributed by atoms with van der Waals surface area (Å²) in [7, 11) is -15.4. The predicted octanol–water partition coefficient (Wildman–Crippen LogP) is 5.67. The van der Waals surface area contributed by atoms with E-state index in [0.717, 1.165) is 24.3 Å². The van der Waals surface area contributed by atoms with Gasteiger partial charge >= 0.3 is 49.7 Å². The molecule has 0 rings (SSSR count). The van der Waals surface area contributed by atoms with Crippen LogP contribution >= 0.6 is 0 Å². The Morgan fingerprint density at radius 3 is 0.443 bits per heavy atom. The van der Waals surface area contributed by atoms with Crippen LogP contribution in [0.1, 0.15) is 0 Å². The molecule has 0 aliphatic rings. The fourth-order valence-corrected chi connectivity index (χ4v) is 8.33. The first-order valence-electron chi connectivity index (χ1n) is 19.2. The van der Waals surface area contributed by atoms with Gasteiger partial charge in [-0.1, -0.05) is 78.6 Å². The largest absolute Gasteiger partial charge is 4.00 e. The van der Waals surface area contributed by atoms with E-state index in [9.17, 15) is 39.6 Å². The minimum Gasteiger partial charge on any atom is -0.634 e. The van der Waals surface area contributed by atoms with Gasteiger partial charge in [0.05, 0.1) is 23.8 Å². The molecule has 0 aliphatic heterocycles. The first-order chi connectivity index (χ1) is 26.0. The Morgan fingerprint density at radius 1 is 0.262 bits per heavy atom. The Balaban J connectivity index is -0.000000227. The van der Waals surface area contributed by atoms with E-state index in [-0.39, 0.29) is 25.8 Å². The van der Waals surface area contributed by atoms with E-state index in [4.69, 9.17) is 35.4 Å². The summed E-state index contributed by atoms with van der Waals surface area (Å²) in [6, 6.07) is 0. The fourth-order valence-electron chi connectivity index (χ4n) is 3.03. The van der Waals surface area contributed by atoms with Crippen LogP contribution in [0.15, 0.2) is 48.1 Å². The molecule has 0 aromatic carbocycles. The van der Waals surface area contributed by atoms with Gasteiger partial charge in [0, 0.05) is 24.3 Å². The molecule has 0 saturated carbocycles. The molecule has 0 amide bonds. The second-order valence-electron chi connectivity index (χ2n) is 20.8. The maximum atomic E-state index is 11.2. The monoisotopic (exact) mass is 1170 g/mol. The molecular weight excluding hydrogens is 1090 g/mol. The Bertz CT molecular complexity index is 1270. The van der Waals surface area contributed by atoms with Crippen LogP contribution < -0.4 is 20.4 Å². The summed E-state index contributed by atoms with van der Waals surface area (Å²) in [5.74, 6) is -4.80. The summed E-state index contributed by atoms with van der Waals surface area (Å²) in [4.78, 5) is 44.9. The molecule has 0 heterocycles. The average molecular weight is 1170 g/mol. The van der Waals surface area contributed by atoms with E-state index in [1.54, 1.807) is 0 Å². The van der Waals surface area contributed by atoms with Crippen LogP contribution in [-0.4, -0.2) is 90.4 Å². The number of carbonyl (C=O) groups is 4. The molecular formula is C36H76HfO16Si8. The smallest absolute Gasteiger partial charge is 0.634 e. The van der Waals surface area contributed by atoms with Gasteiger partial charge < -0.3 is 55.8 Å². The van der Waals surface area contributed by atoms with Crippen LogP contribution in [0.4, 0.5) is 0 Å². The van der Waals surface area contributed by atoms with Crippen molar-refractivity contribution in [2.75, 3.05) is 0 Å². The van der Waals surface area contributed by atoms with E-state index < -0.39 is 114 Å². The molecule has 352 valence electrons. The number of hydrogen-bond donors (Lipinski definition) is 0. The molecule has 61 heavy (non-hydrogen) atoms. The van der Waals surface area contributed by atoms with Gasteiger partial charge in [0.25, 0.3) is 0 Å². The third-order valence-electron chi connectivity index (χ3n) is 4.20. The fraction of sp³-hybridized carbons (Fsp3) is 0.667. The Morgan fingerprint density at radius 2 is 0.361 bits per heavy atom. The van der Waals surface area contributed by atoms with Crippen molar-refractivity contribution in [1.29, 1.82) is 0 Å². The number of rotatable bonds is 16. The third kappa shape index (κ3) is 62.2. The summed E-state index contributed by atoms with van der Waals surface area (Å²) in [5.41, 5.74) is 0. The van der Waals surface area contributed by atoms with Gasteiger partial charge in [-0.25, -0.2) is 19.2 Å². The zero-order valence-electron chi connectivity index (χ0n) is 41.3. The van der Waals surface area contributed by atoms with Gasteiger partial charge in [-0.2, -0.15) is 0 Å². The zero-order valence-corrected chi connectivity index (χ0v) is 52.9. The van der Waals surface area contributed by atoms with E-state index in [2.05, 4.69) is 0 Å². The van der Waals surface area contributed by atoms with Gasteiger partial charge in [-0.05, 0) is 78.6 Å². The molecule has 0 N–H and O–H groups in total. The van der Waals surface area contributed by atoms with Crippen LogP contribution in [-0.2, 0) is 80.4 Å². The maximum absolute atomic E-state index is 11.2. The molecule has 0 aromatic rings. The summed E-state index contributed by atoms with van der Waals surface area (Å²) in [5, 5.41) is 44.9. The van der Waals surface area contributed by atoms with Gasteiger partial charge in [-0.3, -0.25) is 0 Å².